The molecule has 4 rings (SSSR count). The van der Waals surface area contributed by atoms with E-state index in [1.54, 1.807) is 17.1 Å². The summed E-state index contributed by atoms with van der Waals surface area (Å²) < 4.78 is 1.99. The van der Waals surface area contributed by atoms with Crippen molar-refractivity contribution in [2.24, 2.45) is 0 Å². The summed E-state index contributed by atoms with van der Waals surface area (Å²) in [6, 6.07) is 20.1. The van der Waals surface area contributed by atoms with Crippen LogP contribution < -0.4 is 4.46 Å². The van der Waals surface area contributed by atoms with E-state index in [1.807, 2.05) is 67.7 Å². The molecule has 0 fully saturated rings. The van der Waals surface area contributed by atoms with Crippen molar-refractivity contribution in [1.29, 1.82) is 0 Å². The Labute approximate surface area is 158 Å². The van der Waals surface area contributed by atoms with Crippen LogP contribution in [0.25, 0.3) is 5.57 Å². The van der Waals surface area contributed by atoms with Crippen LogP contribution in [-0.4, -0.2) is 44.1 Å². The molecule has 2 aliphatic rings. The van der Waals surface area contributed by atoms with E-state index in [4.69, 9.17) is 0 Å². The number of hydrogen-bond acceptors (Lipinski definition) is 2. The summed E-state index contributed by atoms with van der Waals surface area (Å²) in [7, 11) is 1.81. The Morgan fingerprint density at radius 1 is 0.846 bits per heavy atom. The van der Waals surface area contributed by atoms with E-state index in [2.05, 4.69) is 12.1 Å². The van der Waals surface area contributed by atoms with Crippen molar-refractivity contribution in [3.8, 4) is 0 Å². The van der Waals surface area contributed by atoms with Gasteiger partial charge < -0.3 is 0 Å². The van der Waals surface area contributed by atoms with Gasteiger partial charge in [-0.15, -0.1) is 0 Å². The van der Waals surface area contributed by atoms with Crippen LogP contribution in [0.4, 0.5) is 0 Å². The molecule has 128 valence electrons. The summed E-state index contributed by atoms with van der Waals surface area (Å²) in [6.07, 6.45) is 6.82. The molecule has 0 aromatic heterocycles. The molecule has 1 spiro atoms. The molecule has 2 aromatic carbocycles. The molecule has 1 heterocycles. The molecule has 1 aliphatic heterocycles. The van der Waals surface area contributed by atoms with E-state index in [1.165, 1.54) is 0 Å². The summed E-state index contributed by atoms with van der Waals surface area (Å²) >= 11 is -0.121. The predicted octanol–water partition coefficient (Wildman–Crippen LogP) is 2.33. The van der Waals surface area contributed by atoms with Crippen LogP contribution in [-0.2, 0) is 9.59 Å². The van der Waals surface area contributed by atoms with Crippen molar-refractivity contribution in [2.45, 2.75) is 5.54 Å². The number of carbonyl (C=O) groups is 2. The molecule has 26 heavy (non-hydrogen) atoms. The van der Waals surface area contributed by atoms with Crippen molar-refractivity contribution >= 4 is 36.7 Å². The van der Waals surface area contributed by atoms with Gasteiger partial charge in [-0.3, -0.25) is 0 Å². The molecule has 0 atom stereocenters. The van der Waals surface area contributed by atoms with Crippen LogP contribution in [0.3, 0.4) is 0 Å². The van der Waals surface area contributed by atoms with E-state index in [9.17, 15) is 9.59 Å². The van der Waals surface area contributed by atoms with Crippen molar-refractivity contribution < 1.29 is 9.59 Å². The zero-order chi connectivity index (χ0) is 18.1. The van der Waals surface area contributed by atoms with Crippen LogP contribution in [0.1, 0.15) is 5.56 Å². The van der Waals surface area contributed by atoms with Gasteiger partial charge in [-0.05, 0) is 0 Å². The fourth-order valence-electron chi connectivity index (χ4n) is 3.36. The molecule has 0 N–H and O–H groups in total. The summed E-state index contributed by atoms with van der Waals surface area (Å²) in [5, 5.41) is 0. The molecule has 0 radical (unpaired) electrons. The first-order chi connectivity index (χ1) is 12.6. The van der Waals surface area contributed by atoms with E-state index in [0.717, 1.165) is 20.1 Å². The number of amides is 1. The average molecular weight is 406 g/mol. The molecule has 4 heteroatoms. The zero-order valence-corrected chi connectivity index (χ0v) is 16.0. The van der Waals surface area contributed by atoms with Gasteiger partial charge in [0, 0.05) is 0 Å². The van der Waals surface area contributed by atoms with Gasteiger partial charge in [-0.25, -0.2) is 0 Å². The van der Waals surface area contributed by atoms with Crippen molar-refractivity contribution in [1.82, 2.24) is 4.90 Å². The number of hydrogen-bond donors (Lipinski definition) is 0. The molecule has 1 aliphatic carbocycles. The van der Waals surface area contributed by atoms with Gasteiger partial charge >= 0.3 is 159 Å². The topological polar surface area (TPSA) is 37.4 Å². The fraction of sp³-hybridized carbons (Fsp3) is 0.0909. The van der Waals surface area contributed by atoms with Gasteiger partial charge in [-0.1, -0.05) is 0 Å². The normalized spacial score (nSPS) is 18.3. The van der Waals surface area contributed by atoms with E-state index in [0.29, 0.717) is 0 Å². The summed E-state index contributed by atoms with van der Waals surface area (Å²) in [5.41, 5.74) is 1.30. The molecular formula is C22H17NO2Se. The van der Waals surface area contributed by atoms with Gasteiger partial charge in [0.05, 0.1) is 0 Å². The van der Waals surface area contributed by atoms with Crippen LogP contribution in [0.15, 0.2) is 89.4 Å². The number of carbonyl (C=O) groups excluding carboxylic acids is 2. The molecule has 0 saturated heterocycles. The molecule has 0 unspecified atom stereocenters. The van der Waals surface area contributed by atoms with E-state index >= 15 is 0 Å². The van der Waals surface area contributed by atoms with E-state index in [-0.39, 0.29) is 26.6 Å². The van der Waals surface area contributed by atoms with Gasteiger partial charge in [0.15, 0.2) is 0 Å². The molecular weight excluding hydrogens is 389 g/mol. The van der Waals surface area contributed by atoms with Crippen LogP contribution in [0, 0.1) is 0 Å². The third-order valence-electron chi connectivity index (χ3n) is 4.71. The maximum atomic E-state index is 13.2. The SMILES string of the molecule is CN1C(=O)C([Se]c2ccccc2)=C(c2ccccc2)C12C=CC(=O)C=C2. The third-order valence-corrected chi connectivity index (χ3v) is 7.00. The second-order valence-corrected chi connectivity index (χ2v) is 8.52. The Bertz CT molecular complexity index is 942. The molecule has 0 bridgehead atoms. The summed E-state index contributed by atoms with van der Waals surface area (Å²) in [4.78, 5) is 26.6. The zero-order valence-electron chi connectivity index (χ0n) is 14.3. The summed E-state index contributed by atoms with van der Waals surface area (Å²) in [5.74, 6) is -0.0257. The average Bonchev–Trinajstić information content (AvgIpc) is 2.88. The minimum atomic E-state index is -0.696. The van der Waals surface area contributed by atoms with Gasteiger partial charge in [0.25, 0.3) is 0 Å². The predicted molar refractivity (Wildman–Crippen MR) is 104 cm³/mol. The summed E-state index contributed by atoms with van der Waals surface area (Å²) in [6.45, 7) is 0. The molecule has 1 amide bonds. The molecule has 3 nitrogen and oxygen atoms in total. The number of ketones is 1. The minimum absolute atomic E-state index is 0.0244. The molecule has 0 saturated carbocycles. The quantitative estimate of drug-likeness (QED) is 0.734. The number of likely N-dealkylation sites (N-methyl/N-ethyl adjacent to an activating group) is 1. The standard InChI is InChI=1S/C22H17NO2Se/c1-23-21(25)20(26-18-10-6-3-7-11-18)19(16-8-4-2-5-9-16)22(23)14-12-17(24)13-15-22/h2-15H,1H3. The molecule has 2 aromatic rings. The Kier molecular flexibility index (Phi) is 4.23. The maximum absolute atomic E-state index is 13.2. The first-order valence-corrected chi connectivity index (χ1v) is 10.1. The fourth-order valence-corrected chi connectivity index (χ4v) is 5.75. The Morgan fingerprint density at radius 2 is 1.42 bits per heavy atom. The number of benzene rings is 2. The van der Waals surface area contributed by atoms with Crippen LogP contribution in [0.5, 0.6) is 0 Å². The van der Waals surface area contributed by atoms with Gasteiger partial charge in [0.1, 0.15) is 0 Å². The second kappa shape index (κ2) is 6.56. The Morgan fingerprint density at radius 3 is 2.04 bits per heavy atom. The van der Waals surface area contributed by atoms with Crippen molar-refractivity contribution in [3.05, 3.63) is 95.0 Å². The van der Waals surface area contributed by atoms with Crippen molar-refractivity contribution in [3.63, 3.8) is 0 Å². The van der Waals surface area contributed by atoms with Crippen LogP contribution in [0.2, 0.25) is 0 Å². The third kappa shape index (κ3) is 2.68. The Hall–Kier alpha value is -2.68. The number of rotatable bonds is 3. The van der Waals surface area contributed by atoms with Gasteiger partial charge in [0.2, 0.25) is 0 Å². The number of allylic oxidation sites excluding steroid dienone is 2. The van der Waals surface area contributed by atoms with Gasteiger partial charge in [-0.2, -0.15) is 0 Å². The number of nitrogens with zero attached hydrogens (tertiary/aromatic N) is 1. The first-order valence-electron chi connectivity index (χ1n) is 8.35. The Balaban J connectivity index is 1.93. The monoisotopic (exact) mass is 407 g/mol. The van der Waals surface area contributed by atoms with E-state index < -0.39 is 5.54 Å². The van der Waals surface area contributed by atoms with Crippen LogP contribution >= 0.6 is 0 Å². The van der Waals surface area contributed by atoms with Crippen molar-refractivity contribution in [2.75, 3.05) is 7.05 Å². The second-order valence-electron chi connectivity index (χ2n) is 6.24. The first kappa shape index (κ1) is 16.8.